The SMILES string of the molecule is C=CCC(N)C(=O)Nc1nc(C)c(C)s1. The highest BCUT2D eigenvalue weighted by Crippen LogP contribution is 2.21. The molecule has 0 fully saturated rings. The molecule has 82 valence electrons. The Kier molecular flexibility index (Phi) is 3.99. The van der Waals surface area contributed by atoms with E-state index in [0.29, 0.717) is 11.6 Å². The Labute approximate surface area is 93.2 Å². The van der Waals surface area contributed by atoms with E-state index < -0.39 is 6.04 Å². The molecule has 1 aromatic rings. The maximum absolute atomic E-state index is 11.5. The lowest BCUT2D eigenvalue weighted by molar-refractivity contribution is -0.117. The molecule has 0 aromatic carbocycles. The van der Waals surface area contributed by atoms with Crippen molar-refractivity contribution in [2.45, 2.75) is 26.3 Å². The fraction of sp³-hybridized carbons (Fsp3) is 0.400. The molecule has 0 bridgehead atoms. The van der Waals surface area contributed by atoms with E-state index in [1.807, 2.05) is 13.8 Å². The third-order valence-electron chi connectivity index (χ3n) is 2.02. The number of carbonyl (C=O) groups is 1. The molecular formula is C10H15N3OS. The Morgan fingerprint density at radius 1 is 1.73 bits per heavy atom. The number of nitrogens with one attached hydrogen (secondary N) is 1. The van der Waals surface area contributed by atoms with E-state index in [2.05, 4.69) is 16.9 Å². The Morgan fingerprint density at radius 3 is 2.87 bits per heavy atom. The molecule has 0 aliphatic rings. The lowest BCUT2D eigenvalue weighted by Gasteiger charge is -2.07. The third-order valence-corrected chi connectivity index (χ3v) is 3.00. The van der Waals surface area contributed by atoms with Crippen molar-refractivity contribution in [3.8, 4) is 0 Å². The zero-order chi connectivity index (χ0) is 11.4. The second kappa shape index (κ2) is 5.04. The number of aromatic nitrogens is 1. The first-order chi connectivity index (χ1) is 7.04. The fourth-order valence-electron chi connectivity index (χ4n) is 1.01. The summed E-state index contributed by atoms with van der Waals surface area (Å²) in [5, 5.41) is 3.29. The minimum atomic E-state index is -0.549. The number of rotatable bonds is 4. The van der Waals surface area contributed by atoms with Crippen molar-refractivity contribution in [3.05, 3.63) is 23.2 Å². The van der Waals surface area contributed by atoms with Crippen molar-refractivity contribution >= 4 is 22.4 Å². The van der Waals surface area contributed by atoms with Crippen molar-refractivity contribution in [1.82, 2.24) is 4.98 Å². The van der Waals surface area contributed by atoms with Gasteiger partial charge in [0.2, 0.25) is 5.91 Å². The van der Waals surface area contributed by atoms with Gasteiger partial charge in [-0.3, -0.25) is 4.79 Å². The van der Waals surface area contributed by atoms with Crippen molar-refractivity contribution in [2.75, 3.05) is 5.32 Å². The van der Waals surface area contributed by atoms with Gasteiger partial charge in [-0.05, 0) is 20.3 Å². The van der Waals surface area contributed by atoms with Gasteiger partial charge in [-0.15, -0.1) is 17.9 Å². The molecule has 1 rings (SSSR count). The second-order valence-electron chi connectivity index (χ2n) is 3.28. The molecule has 1 aromatic heterocycles. The summed E-state index contributed by atoms with van der Waals surface area (Å²) < 4.78 is 0. The number of hydrogen-bond acceptors (Lipinski definition) is 4. The monoisotopic (exact) mass is 225 g/mol. The Balaban J connectivity index is 2.62. The Morgan fingerprint density at radius 2 is 2.40 bits per heavy atom. The predicted molar refractivity (Wildman–Crippen MR) is 63.0 cm³/mol. The van der Waals surface area contributed by atoms with Gasteiger partial charge in [0, 0.05) is 4.88 Å². The highest BCUT2D eigenvalue weighted by molar-refractivity contribution is 7.15. The number of amides is 1. The molecule has 1 atom stereocenters. The van der Waals surface area contributed by atoms with Crippen LogP contribution in [0.15, 0.2) is 12.7 Å². The van der Waals surface area contributed by atoms with Crippen LogP contribution in [-0.4, -0.2) is 16.9 Å². The summed E-state index contributed by atoms with van der Waals surface area (Å²) >= 11 is 1.45. The third kappa shape index (κ3) is 3.14. The number of hydrogen-bond donors (Lipinski definition) is 2. The summed E-state index contributed by atoms with van der Waals surface area (Å²) in [7, 11) is 0. The van der Waals surface area contributed by atoms with E-state index >= 15 is 0 Å². The molecular weight excluding hydrogens is 210 g/mol. The van der Waals surface area contributed by atoms with Crippen LogP contribution in [0.3, 0.4) is 0 Å². The van der Waals surface area contributed by atoms with Crippen LogP contribution in [0.25, 0.3) is 0 Å². The van der Waals surface area contributed by atoms with Crippen molar-refractivity contribution < 1.29 is 4.79 Å². The van der Waals surface area contributed by atoms with Gasteiger partial charge >= 0.3 is 0 Å². The molecule has 5 heteroatoms. The highest BCUT2D eigenvalue weighted by Gasteiger charge is 2.13. The first kappa shape index (κ1) is 11.9. The minimum Gasteiger partial charge on any atom is -0.320 e. The Hall–Kier alpha value is -1.20. The average Bonchev–Trinajstić information content (AvgIpc) is 2.46. The first-order valence-electron chi connectivity index (χ1n) is 4.66. The quantitative estimate of drug-likeness (QED) is 0.765. The molecule has 0 aliphatic heterocycles. The van der Waals surface area contributed by atoms with Gasteiger partial charge in [-0.1, -0.05) is 6.08 Å². The van der Waals surface area contributed by atoms with Crippen molar-refractivity contribution in [2.24, 2.45) is 5.73 Å². The molecule has 3 N–H and O–H groups in total. The smallest absolute Gasteiger partial charge is 0.243 e. The predicted octanol–water partition coefficient (Wildman–Crippen LogP) is 1.60. The fourth-order valence-corrected chi connectivity index (χ4v) is 1.83. The number of aryl methyl sites for hydroxylation is 2. The number of thiazole rings is 1. The average molecular weight is 225 g/mol. The number of anilines is 1. The van der Waals surface area contributed by atoms with Crippen LogP contribution < -0.4 is 11.1 Å². The molecule has 0 saturated heterocycles. The lowest BCUT2D eigenvalue weighted by atomic mass is 10.2. The van der Waals surface area contributed by atoms with E-state index in [-0.39, 0.29) is 5.91 Å². The lowest BCUT2D eigenvalue weighted by Crippen LogP contribution is -2.34. The number of carbonyl (C=O) groups excluding carboxylic acids is 1. The van der Waals surface area contributed by atoms with Crippen LogP contribution in [0, 0.1) is 13.8 Å². The molecule has 0 aliphatic carbocycles. The van der Waals surface area contributed by atoms with Gasteiger partial charge < -0.3 is 11.1 Å². The van der Waals surface area contributed by atoms with Crippen LogP contribution in [0.2, 0.25) is 0 Å². The van der Waals surface area contributed by atoms with Gasteiger partial charge in [0.25, 0.3) is 0 Å². The number of nitrogens with zero attached hydrogens (tertiary/aromatic N) is 1. The summed E-state index contributed by atoms with van der Waals surface area (Å²) in [6.07, 6.45) is 2.10. The summed E-state index contributed by atoms with van der Waals surface area (Å²) in [5.41, 5.74) is 6.55. The van der Waals surface area contributed by atoms with E-state index in [1.54, 1.807) is 6.08 Å². The highest BCUT2D eigenvalue weighted by atomic mass is 32.1. The summed E-state index contributed by atoms with van der Waals surface area (Å²) in [6, 6.07) is -0.549. The van der Waals surface area contributed by atoms with Crippen LogP contribution in [0.5, 0.6) is 0 Å². The molecule has 15 heavy (non-hydrogen) atoms. The molecule has 4 nitrogen and oxygen atoms in total. The second-order valence-corrected chi connectivity index (χ2v) is 4.48. The van der Waals surface area contributed by atoms with E-state index in [1.165, 1.54) is 11.3 Å². The molecule has 1 unspecified atom stereocenters. The zero-order valence-electron chi connectivity index (χ0n) is 8.91. The van der Waals surface area contributed by atoms with E-state index in [9.17, 15) is 4.79 Å². The van der Waals surface area contributed by atoms with Crippen LogP contribution in [-0.2, 0) is 4.79 Å². The van der Waals surface area contributed by atoms with Gasteiger partial charge in [0.05, 0.1) is 11.7 Å². The maximum Gasteiger partial charge on any atom is 0.243 e. The van der Waals surface area contributed by atoms with Gasteiger partial charge in [0.15, 0.2) is 5.13 Å². The molecule has 0 spiro atoms. The largest absolute Gasteiger partial charge is 0.320 e. The minimum absolute atomic E-state index is 0.219. The van der Waals surface area contributed by atoms with Crippen LogP contribution >= 0.6 is 11.3 Å². The maximum atomic E-state index is 11.5. The summed E-state index contributed by atoms with van der Waals surface area (Å²) in [5.74, 6) is -0.219. The van der Waals surface area contributed by atoms with E-state index in [0.717, 1.165) is 10.6 Å². The zero-order valence-corrected chi connectivity index (χ0v) is 9.73. The molecule has 0 saturated carbocycles. The van der Waals surface area contributed by atoms with Gasteiger partial charge in [-0.2, -0.15) is 0 Å². The first-order valence-corrected chi connectivity index (χ1v) is 5.47. The molecule has 1 amide bonds. The number of nitrogens with two attached hydrogens (primary N) is 1. The normalized spacial score (nSPS) is 12.2. The summed E-state index contributed by atoms with van der Waals surface area (Å²) in [6.45, 7) is 7.41. The summed E-state index contributed by atoms with van der Waals surface area (Å²) in [4.78, 5) is 16.8. The van der Waals surface area contributed by atoms with E-state index in [4.69, 9.17) is 5.73 Å². The van der Waals surface area contributed by atoms with Crippen LogP contribution in [0.4, 0.5) is 5.13 Å². The van der Waals surface area contributed by atoms with Crippen LogP contribution in [0.1, 0.15) is 17.0 Å². The van der Waals surface area contributed by atoms with Gasteiger partial charge in [0.1, 0.15) is 0 Å². The molecule has 1 heterocycles. The van der Waals surface area contributed by atoms with Crippen molar-refractivity contribution in [3.63, 3.8) is 0 Å². The van der Waals surface area contributed by atoms with Gasteiger partial charge in [-0.25, -0.2) is 4.98 Å². The topological polar surface area (TPSA) is 68.0 Å². The molecule has 0 radical (unpaired) electrons. The van der Waals surface area contributed by atoms with Crippen molar-refractivity contribution in [1.29, 1.82) is 0 Å². The Bertz CT molecular complexity index is 353. The standard InChI is InChI=1S/C10H15N3OS/c1-4-5-8(11)9(14)13-10-12-6(2)7(3)15-10/h4,8H,1,5,11H2,2-3H3,(H,12,13,14).